The smallest absolute Gasteiger partial charge is 0.341 e. The van der Waals surface area contributed by atoms with Gasteiger partial charge in [-0.25, -0.2) is 17.9 Å². The summed E-state index contributed by atoms with van der Waals surface area (Å²) >= 11 is 7.06. The highest BCUT2D eigenvalue weighted by Crippen LogP contribution is 2.27. The third-order valence-electron chi connectivity index (χ3n) is 3.27. The van der Waals surface area contributed by atoms with Crippen LogP contribution in [0.2, 0.25) is 5.02 Å². The van der Waals surface area contributed by atoms with Crippen LogP contribution in [0.1, 0.15) is 0 Å². The Bertz CT molecular complexity index is 965. The zero-order chi connectivity index (χ0) is 20.7. The lowest BCUT2D eigenvalue weighted by Crippen LogP contribution is -2.26. The van der Waals surface area contributed by atoms with Crippen molar-refractivity contribution in [2.75, 3.05) is 18.9 Å². The maximum Gasteiger partial charge on any atom is 0.341 e. The minimum atomic E-state index is -3.91. The summed E-state index contributed by atoms with van der Waals surface area (Å²) in [7, 11) is -3.91. The number of carboxylic acid groups (broad SMARTS) is 1. The van der Waals surface area contributed by atoms with Gasteiger partial charge < -0.3 is 9.84 Å². The standard InChI is InChI=1S/C16H15ClN2O7S2/c17-14-6-5-13(9-15(14)19(22)23)28(24,25)18-7-8-27-12-3-1-11(2-4-12)26-10-16(20)21/h1-6,9,18H,7-8,10H2,(H,20,21). The molecule has 2 aromatic rings. The van der Waals surface area contributed by atoms with Gasteiger partial charge in [-0.05, 0) is 36.4 Å². The lowest BCUT2D eigenvalue weighted by molar-refractivity contribution is -0.384. The van der Waals surface area contributed by atoms with Crippen LogP contribution in [0.5, 0.6) is 5.75 Å². The normalized spacial score (nSPS) is 11.2. The van der Waals surface area contributed by atoms with Crippen LogP contribution in [0, 0.1) is 10.1 Å². The van der Waals surface area contributed by atoms with E-state index in [1.165, 1.54) is 17.8 Å². The number of halogens is 1. The van der Waals surface area contributed by atoms with E-state index in [0.29, 0.717) is 11.5 Å². The number of nitro benzene ring substituents is 1. The highest BCUT2D eigenvalue weighted by atomic mass is 35.5. The molecule has 150 valence electrons. The molecule has 0 saturated carbocycles. The van der Waals surface area contributed by atoms with E-state index in [-0.39, 0.29) is 16.5 Å². The van der Waals surface area contributed by atoms with E-state index in [1.54, 1.807) is 24.3 Å². The molecule has 9 nitrogen and oxygen atoms in total. The van der Waals surface area contributed by atoms with Crippen LogP contribution in [0.3, 0.4) is 0 Å². The van der Waals surface area contributed by atoms with Crippen LogP contribution in [0.4, 0.5) is 5.69 Å². The fraction of sp³-hybridized carbons (Fsp3) is 0.188. The Morgan fingerprint density at radius 2 is 1.93 bits per heavy atom. The van der Waals surface area contributed by atoms with Gasteiger partial charge in [0.1, 0.15) is 10.8 Å². The van der Waals surface area contributed by atoms with Gasteiger partial charge in [0.15, 0.2) is 6.61 Å². The minimum absolute atomic E-state index is 0.0979. The second-order valence-corrected chi connectivity index (χ2v) is 8.61. The first kappa shape index (κ1) is 22.0. The largest absolute Gasteiger partial charge is 0.482 e. The van der Waals surface area contributed by atoms with E-state index >= 15 is 0 Å². The van der Waals surface area contributed by atoms with E-state index in [9.17, 15) is 23.3 Å². The molecule has 0 heterocycles. The number of aliphatic carboxylic acids is 1. The second kappa shape index (κ2) is 9.73. The molecule has 0 unspecified atom stereocenters. The van der Waals surface area contributed by atoms with Gasteiger partial charge in [-0.15, -0.1) is 11.8 Å². The molecule has 2 N–H and O–H groups in total. The Morgan fingerprint density at radius 1 is 1.25 bits per heavy atom. The Morgan fingerprint density at radius 3 is 2.54 bits per heavy atom. The predicted octanol–water partition coefficient (Wildman–Crippen LogP) is 2.78. The molecule has 0 saturated heterocycles. The fourth-order valence-electron chi connectivity index (χ4n) is 2.00. The number of carbonyl (C=O) groups is 1. The van der Waals surface area contributed by atoms with Gasteiger partial charge >= 0.3 is 5.97 Å². The summed E-state index contributed by atoms with van der Waals surface area (Å²) in [4.78, 5) is 21.2. The average Bonchev–Trinajstić information content (AvgIpc) is 2.64. The first-order valence-corrected chi connectivity index (χ1v) is 10.5. The Balaban J connectivity index is 1.88. The second-order valence-electron chi connectivity index (χ2n) is 5.27. The van der Waals surface area contributed by atoms with E-state index in [1.807, 2.05) is 0 Å². The number of sulfonamides is 1. The maximum absolute atomic E-state index is 12.3. The summed E-state index contributed by atoms with van der Waals surface area (Å²) in [6, 6.07) is 9.94. The molecule has 12 heteroatoms. The highest BCUT2D eigenvalue weighted by molar-refractivity contribution is 7.99. The molecule has 0 fully saturated rings. The first-order chi connectivity index (χ1) is 13.2. The van der Waals surface area contributed by atoms with Crippen LogP contribution in [-0.4, -0.2) is 43.3 Å². The monoisotopic (exact) mass is 446 g/mol. The number of rotatable bonds is 10. The van der Waals surface area contributed by atoms with Gasteiger partial charge in [-0.3, -0.25) is 10.1 Å². The molecule has 28 heavy (non-hydrogen) atoms. The van der Waals surface area contributed by atoms with Crippen molar-refractivity contribution in [2.45, 2.75) is 9.79 Å². The van der Waals surface area contributed by atoms with Gasteiger partial charge in [0.25, 0.3) is 5.69 Å². The van der Waals surface area contributed by atoms with Gasteiger partial charge in [0.05, 0.1) is 9.82 Å². The average molecular weight is 447 g/mol. The van der Waals surface area contributed by atoms with Crippen LogP contribution < -0.4 is 9.46 Å². The van der Waals surface area contributed by atoms with Gasteiger partial charge in [0, 0.05) is 23.3 Å². The molecular formula is C16H15ClN2O7S2. The molecule has 2 aromatic carbocycles. The molecule has 0 spiro atoms. The molecule has 0 aliphatic carbocycles. The quantitative estimate of drug-likeness (QED) is 0.246. The van der Waals surface area contributed by atoms with Crippen LogP contribution in [-0.2, 0) is 14.8 Å². The Kier molecular flexibility index (Phi) is 7.63. The highest BCUT2D eigenvalue weighted by Gasteiger charge is 2.20. The van der Waals surface area contributed by atoms with E-state index in [2.05, 4.69) is 4.72 Å². The summed E-state index contributed by atoms with van der Waals surface area (Å²) in [5.74, 6) is -0.252. The molecular weight excluding hydrogens is 432 g/mol. The van der Waals surface area contributed by atoms with Crippen molar-refractivity contribution < 1.29 is 28.0 Å². The summed E-state index contributed by atoms with van der Waals surface area (Å²) < 4.78 is 31.9. The van der Waals surface area contributed by atoms with Crippen molar-refractivity contribution >= 4 is 45.0 Å². The van der Waals surface area contributed by atoms with Gasteiger partial charge in [0.2, 0.25) is 10.0 Å². The SMILES string of the molecule is O=C(O)COc1ccc(SCCNS(=O)(=O)c2ccc(Cl)c([N+](=O)[O-])c2)cc1. The molecule has 0 bridgehead atoms. The van der Waals surface area contributed by atoms with Gasteiger partial charge in [-0.1, -0.05) is 11.6 Å². The first-order valence-electron chi connectivity index (χ1n) is 7.70. The molecule has 0 aliphatic rings. The van der Waals surface area contributed by atoms with Crippen molar-refractivity contribution in [1.82, 2.24) is 4.72 Å². The van der Waals surface area contributed by atoms with Crippen LogP contribution in [0.25, 0.3) is 0 Å². The van der Waals surface area contributed by atoms with Gasteiger partial charge in [-0.2, -0.15) is 0 Å². The van der Waals surface area contributed by atoms with E-state index in [4.69, 9.17) is 21.4 Å². The lowest BCUT2D eigenvalue weighted by Gasteiger charge is -2.08. The number of carboxylic acids is 1. The third kappa shape index (κ3) is 6.37. The van der Waals surface area contributed by atoms with E-state index in [0.717, 1.165) is 17.0 Å². The number of nitrogens with zero attached hydrogens (tertiary/aromatic N) is 1. The van der Waals surface area contributed by atoms with Crippen molar-refractivity contribution in [1.29, 1.82) is 0 Å². The zero-order valence-corrected chi connectivity index (χ0v) is 16.6. The number of thioether (sulfide) groups is 1. The minimum Gasteiger partial charge on any atom is -0.482 e. The molecule has 0 amide bonds. The molecule has 0 aliphatic heterocycles. The van der Waals surface area contributed by atoms with Crippen molar-refractivity contribution in [2.24, 2.45) is 0 Å². The number of benzene rings is 2. The number of nitro groups is 1. The molecule has 0 atom stereocenters. The number of hydrogen-bond acceptors (Lipinski definition) is 7. The Hall–Kier alpha value is -2.34. The predicted molar refractivity (Wildman–Crippen MR) is 104 cm³/mol. The van der Waals surface area contributed by atoms with Crippen molar-refractivity contribution in [3.05, 3.63) is 57.6 Å². The lowest BCUT2D eigenvalue weighted by atomic mass is 10.3. The van der Waals surface area contributed by atoms with E-state index < -0.39 is 33.2 Å². The Labute approximate surface area is 169 Å². The molecule has 0 aromatic heterocycles. The fourth-order valence-corrected chi connectivity index (χ4v) is 4.14. The summed E-state index contributed by atoms with van der Waals surface area (Å²) in [6.45, 7) is -0.335. The number of nitrogens with one attached hydrogen (secondary N) is 1. The zero-order valence-electron chi connectivity index (χ0n) is 14.2. The number of hydrogen-bond donors (Lipinski definition) is 2. The summed E-state index contributed by atoms with van der Waals surface area (Å²) in [5.41, 5.74) is -0.482. The van der Waals surface area contributed by atoms with Crippen LogP contribution in [0.15, 0.2) is 52.3 Å². The van der Waals surface area contributed by atoms with Crippen molar-refractivity contribution in [3.8, 4) is 5.75 Å². The van der Waals surface area contributed by atoms with Crippen LogP contribution >= 0.6 is 23.4 Å². The summed E-state index contributed by atoms with van der Waals surface area (Å²) in [6.07, 6.45) is 0. The van der Waals surface area contributed by atoms with Crippen molar-refractivity contribution in [3.63, 3.8) is 0 Å². The number of ether oxygens (including phenoxy) is 1. The molecule has 0 radical (unpaired) electrons. The topological polar surface area (TPSA) is 136 Å². The summed E-state index contributed by atoms with van der Waals surface area (Å²) in [5, 5.41) is 19.3. The maximum atomic E-state index is 12.3. The third-order valence-corrected chi connectivity index (χ3v) is 6.07. The molecule has 2 rings (SSSR count).